The van der Waals surface area contributed by atoms with E-state index in [0.29, 0.717) is 34.5 Å². The Morgan fingerprint density at radius 2 is 2.15 bits per heavy atom. The maximum absolute atomic E-state index is 13.3. The second kappa shape index (κ2) is 9.22. The van der Waals surface area contributed by atoms with Crippen molar-refractivity contribution in [2.75, 3.05) is 12.0 Å². The normalized spacial score (nSPS) is 14.3. The summed E-state index contributed by atoms with van der Waals surface area (Å²) in [6.07, 6.45) is 4.50. The number of unbranched alkanes of at least 4 members (excludes halogenated alkanes) is 2. The van der Waals surface area contributed by atoms with Gasteiger partial charge in [0.2, 0.25) is 0 Å². The summed E-state index contributed by atoms with van der Waals surface area (Å²) < 4.78 is 37.2. The molecule has 1 aromatic carbocycles. The van der Waals surface area contributed by atoms with Gasteiger partial charge in [-0.15, -0.1) is 0 Å². The van der Waals surface area contributed by atoms with Crippen molar-refractivity contribution in [3.63, 3.8) is 0 Å². The summed E-state index contributed by atoms with van der Waals surface area (Å²) in [4.78, 5) is 0. The highest BCUT2D eigenvalue weighted by Gasteiger charge is 2.18. The van der Waals surface area contributed by atoms with Gasteiger partial charge in [0.05, 0.1) is 4.47 Å². The van der Waals surface area contributed by atoms with Crippen LogP contribution in [0.1, 0.15) is 36.2 Å². The SMILES string of the molecule is CS(=N)(=O)CCCCCc1nonc1/C(Cc1ccc(F)c(Br)c1)=N/O. The van der Waals surface area contributed by atoms with Crippen LogP contribution >= 0.6 is 15.9 Å². The lowest BCUT2D eigenvalue weighted by Gasteiger charge is -2.05. The number of rotatable bonds is 9. The Hall–Kier alpha value is -1.81. The first kappa shape index (κ1) is 20.5. The van der Waals surface area contributed by atoms with Crippen LogP contribution in [-0.2, 0) is 22.6 Å². The average molecular weight is 447 g/mol. The maximum atomic E-state index is 13.3. The molecule has 0 saturated heterocycles. The van der Waals surface area contributed by atoms with E-state index < -0.39 is 9.73 Å². The van der Waals surface area contributed by atoms with Crippen molar-refractivity contribution in [1.29, 1.82) is 4.78 Å². The number of nitrogens with zero attached hydrogens (tertiary/aromatic N) is 3. The van der Waals surface area contributed by atoms with Crippen LogP contribution in [0.4, 0.5) is 4.39 Å². The van der Waals surface area contributed by atoms with E-state index in [1.807, 2.05) is 0 Å². The Morgan fingerprint density at radius 3 is 2.81 bits per heavy atom. The predicted octanol–water partition coefficient (Wildman–Crippen LogP) is 3.78. The minimum Gasteiger partial charge on any atom is -0.411 e. The van der Waals surface area contributed by atoms with Crippen LogP contribution in [0, 0.1) is 10.6 Å². The Labute approximate surface area is 159 Å². The van der Waals surface area contributed by atoms with Crippen LogP contribution in [-0.4, -0.2) is 37.4 Å². The highest BCUT2D eigenvalue weighted by atomic mass is 79.9. The second-order valence-corrected chi connectivity index (χ2v) is 9.32. The molecule has 0 aliphatic rings. The van der Waals surface area contributed by atoms with Gasteiger partial charge in [-0.1, -0.05) is 22.8 Å². The minimum atomic E-state index is -2.45. The molecule has 7 nitrogen and oxygen atoms in total. The molecule has 1 atom stereocenters. The summed E-state index contributed by atoms with van der Waals surface area (Å²) in [5, 5.41) is 20.3. The zero-order valence-corrected chi connectivity index (χ0v) is 16.6. The van der Waals surface area contributed by atoms with Gasteiger partial charge in [-0.3, -0.25) is 8.99 Å². The summed E-state index contributed by atoms with van der Waals surface area (Å²) in [6.45, 7) is 0. The summed E-state index contributed by atoms with van der Waals surface area (Å²) in [6, 6.07) is 4.53. The van der Waals surface area contributed by atoms with Gasteiger partial charge in [-0.25, -0.2) is 9.02 Å². The first-order valence-corrected chi connectivity index (χ1v) is 10.9. The number of hydrogen-bond acceptors (Lipinski definition) is 7. The van der Waals surface area contributed by atoms with Crippen molar-refractivity contribution in [2.24, 2.45) is 5.16 Å². The van der Waals surface area contributed by atoms with E-state index in [0.717, 1.165) is 18.4 Å². The molecule has 0 bridgehead atoms. The van der Waals surface area contributed by atoms with Gasteiger partial charge in [0, 0.05) is 28.2 Å². The third-order valence-electron chi connectivity index (χ3n) is 3.75. The van der Waals surface area contributed by atoms with E-state index in [9.17, 15) is 13.8 Å². The van der Waals surface area contributed by atoms with Crippen LogP contribution in [0.3, 0.4) is 0 Å². The summed E-state index contributed by atoms with van der Waals surface area (Å²) in [5.74, 6) is 0.00316. The highest BCUT2D eigenvalue weighted by Crippen LogP contribution is 2.19. The zero-order valence-electron chi connectivity index (χ0n) is 14.2. The van der Waals surface area contributed by atoms with Crippen LogP contribution in [0.15, 0.2) is 32.5 Å². The molecule has 1 aromatic heterocycles. The predicted molar refractivity (Wildman–Crippen MR) is 99.6 cm³/mol. The Kier molecular flexibility index (Phi) is 7.27. The van der Waals surface area contributed by atoms with Crippen LogP contribution in [0.2, 0.25) is 0 Å². The van der Waals surface area contributed by atoms with E-state index in [2.05, 4.69) is 31.4 Å². The van der Waals surface area contributed by atoms with Crippen molar-refractivity contribution in [2.45, 2.75) is 32.1 Å². The molecule has 0 aliphatic heterocycles. The molecule has 26 heavy (non-hydrogen) atoms. The minimum absolute atomic E-state index is 0.243. The molecule has 0 spiro atoms. The maximum Gasteiger partial charge on any atom is 0.156 e. The molecule has 2 N–H and O–H groups in total. The van der Waals surface area contributed by atoms with Gasteiger partial charge in [-0.2, -0.15) is 0 Å². The molecule has 2 rings (SSSR count). The zero-order chi connectivity index (χ0) is 19.2. The summed E-state index contributed by atoms with van der Waals surface area (Å²) in [7, 11) is -2.45. The van der Waals surface area contributed by atoms with Gasteiger partial charge in [0.1, 0.15) is 17.2 Å². The number of benzene rings is 1. The Bertz CT molecular complexity index is 883. The van der Waals surface area contributed by atoms with Crippen molar-refractivity contribution >= 4 is 31.4 Å². The lowest BCUT2D eigenvalue weighted by atomic mass is 10.0. The number of hydrogen-bond donors (Lipinski definition) is 2. The fraction of sp³-hybridized carbons (Fsp3) is 0.438. The topological polar surface area (TPSA) is 112 Å². The third-order valence-corrected chi connectivity index (χ3v) is 5.43. The third kappa shape index (κ3) is 6.17. The second-order valence-electron chi connectivity index (χ2n) is 6.05. The van der Waals surface area contributed by atoms with Crippen molar-refractivity contribution in [1.82, 2.24) is 10.3 Å². The van der Waals surface area contributed by atoms with Crippen molar-refractivity contribution < 1.29 is 18.4 Å². The smallest absolute Gasteiger partial charge is 0.156 e. The molecular weight excluding hydrogens is 427 g/mol. The number of nitrogens with one attached hydrogen (secondary N) is 1. The van der Waals surface area contributed by atoms with Crippen molar-refractivity contribution in [3.05, 3.63) is 45.4 Å². The molecular formula is C16H20BrFN4O3S. The molecule has 2 aromatic rings. The quantitative estimate of drug-likeness (QED) is 0.263. The molecule has 0 fully saturated rings. The monoisotopic (exact) mass is 446 g/mol. The van der Waals surface area contributed by atoms with E-state index in [4.69, 9.17) is 9.41 Å². The fourth-order valence-corrected chi connectivity index (χ4v) is 3.63. The van der Waals surface area contributed by atoms with Gasteiger partial charge < -0.3 is 5.21 Å². The first-order valence-electron chi connectivity index (χ1n) is 7.98. The van der Waals surface area contributed by atoms with Crippen LogP contribution in [0.25, 0.3) is 0 Å². The van der Waals surface area contributed by atoms with E-state index in [1.165, 1.54) is 12.3 Å². The standard InChI is InChI=1S/C16H20BrFN4O3S/c1-26(19,24)8-4-2-3-5-14-16(22-25-21-14)15(20-23)10-11-6-7-13(18)12(17)9-11/h6-7,9,19,23H,2-5,8,10H2,1H3/b20-15+. The van der Waals surface area contributed by atoms with Gasteiger partial charge >= 0.3 is 0 Å². The Morgan fingerprint density at radius 1 is 1.38 bits per heavy atom. The number of halogens is 2. The van der Waals surface area contributed by atoms with Crippen LogP contribution in [0.5, 0.6) is 0 Å². The molecule has 0 saturated carbocycles. The molecule has 10 heteroatoms. The lowest BCUT2D eigenvalue weighted by Crippen LogP contribution is -2.09. The van der Waals surface area contributed by atoms with E-state index in [-0.39, 0.29) is 17.9 Å². The summed E-state index contributed by atoms with van der Waals surface area (Å²) in [5.41, 5.74) is 1.96. The van der Waals surface area contributed by atoms with Gasteiger partial charge in [0.15, 0.2) is 5.69 Å². The number of aryl methyl sites for hydroxylation is 1. The number of oxime groups is 1. The van der Waals surface area contributed by atoms with Crippen LogP contribution < -0.4 is 0 Å². The lowest BCUT2D eigenvalue weighted by molar-refractivity contribution is 0.300. The summed E-state index contributed by atoms with van der Waals surface area (Å²) >= 11 is 3.13. The molecule has 1 unspecified atom stereocenters. The largest absolute Gasteiger partial charge is 0.411 e. The van der Waals surface area contributed by atoms with Crippen molar-refractivity contribution in [3.8, 4) is 0 Å². The highest BCUT2D eigenvalue weighted by molar-refractivity contribution is 9.10. The molecule has 0 amide bonds. The van der Waals surface area contributed by atoms with Gasteiger partial charge in [-0.05, 0) is 58.0 Å². The van der Waals surface area contributed by atoms with E-state index in [1.54, 1.807) is 12.1 Å². The molecule has 142 valence electrons. The van der Waals surface area contributed by atoms with Gasteiger partial charge in [0.25, 0.3) is 0 Å². The Balaban J connectivity index is 1.99. The average Bonchev–Trinajstić information content (AvgIpc) is 3.03. The molecule has 1 heterocycles. The fourth-order valence-electron chi connectivity index (χ4n) is 2.45. The van der Waals surface area contributed by atoms with E-state index >= 15 is 0 Å². The number of aromatic nitrogens is 2. The first-order chi connectivity index (χ1) is 12.3. The molecule has 0 radical (unpaired) electrons. The molecule has 0 aliphatic carbocycles.